The molecule has 2 saturated heterocycles. The second kappa shape index (κ2) is 8.08. The van der Waals surface area contributed by atoms with Crippen molar-refractivity contribution in [3.63, 3.8) is 0 Å². The van der Waals surface area contributed by atoms with Crippen LogP contribution in [0, 0.1) is 5.92 Å². The van der Waals surface area contributed by atoms with E-state index in [1.165, 1.54) is 30.6 Å². The number of ether oxygens (including phenoxy) is 1. The van der Waals surface area contributed by atoms with Gasteiger partial charge < -0.3 is 19.8 Å². The second-order valence-electron chi connectivity index (χ2n) is 8.96. The number of nitrogens with zero attached hydrogens (tertiary/aromatic N) is 3. The number of β-amino-alcohol motifs (C(OH)–C–C–N with tert-alkyl or cyclic N) is 1. The van der Waals surface area contributed by atoms with Gasteiger partial charge in [0.2, 0.25) is 0 Å². The Bertz CT molecular complexity index is 622. The lowest BCUT2D eigenvalue weighted by atomic mass is 9.89. The van der Waals surface area contributed by atoms with E-state index >= 15 is 0 Å². The van der Waals surface area contributed by atoms with Gasteiger partial charge in [-0.15, -0.1) is 0 Å². The van der Waals surface area contributed by atoms with Crippen molar-refractivity contribution in [3.05, 3.63) is 29.8 Å². The number of fused-ring (bicyclic) bond motifs is 1. The summed E-state index contributed by atoms with van der Waals surface area (Å²) in [6, 6.07) is 9.06. The minimum Gasteiger partial charge on any atom is -0.388 e. The number of para-hydroxylation sites is 1. The van der Waals surface area contributed by atoms with E-state index in [4.69, 9.17) is 4.74 Å². The van der Waals surface area contributed by atoms with Crippen LogP contribution in [-0.2, 0) is 11.3 Å². The van der Waals surface area contributed by atoms with Crippen LogP contribution < -0.4 is 5.01 Å². The fraction of sp³-hybridized carbons (Fsp3) is 0.727. The highest BCUT2D eigenvalue weighted by atomic mass is 16.5. The third kappa shape index (κ3) is 4.32. The normalized spacial score (nSPS) is 24.5. The van der Waals surface area contributed by atoms with E-state index in [0.717, 1.165) is 51.6 Å². The number of hydrazine groups is 1. The Morgan fingerprint density at radius 2 is 1.85 bits per heavy atom. The number of hydrogen-bond acceptors (Lipinski definition) is 5. The summed E-state index contributed by atoms with van der Waals surface area (Å²) in [6.45, 7) is 11.1. The average Bonchev–Trinajstić information content (AvgIpc) is 3.03. The van der Waals surface area contributed by atoms with E-state index in [2.05, 4.69) is 53.0 Å². The molecule has 3 aliphatic heterocycles. The van der Waals surface area contributed by atoms with Gasteiger partial charge in [-0.1, -0.05) is 18.2 Å². The van der Waals surface area contributed by atoms with Gasteiger partial charge in [0.25, 0.3) is 0 Å². The number of piperidine rings is 1. The molecule has 0 atom stereocenters. The predicted octanol–water partition coefficient (Wildman–Crippen LogP) is 2.89. The number of likely N-dealkylation sites (tertiary alicyclic amines) is 1. The van der Waals surface area contributed by atoms with E-state index in [1.54, 1.807) is 0 Å². The van der Waals surface area contributed by atoms with Gasteiger partial charge in [-0.05, 0) is 57.1 Å². The van der Waals surface area contributed by atoms with Crippen molar-refractivity contribution in [1.29, 1.82) is 0 Å². The Morgan fingerprint density at radius 3 is 2.56 bits per heavy atom. The monoisotopic (exact) mass is 373 g/mol. The molecule has 0 bridgehead atoms. The van der Waals surface area contributed by atoms with Crippen molar-refractivity contribution in [2.24, 2.45) is 5.92 Å². The van der Waals surface area contributed by atoms with Gasteiger partial charge in [0, 0.05) is 45.4 Å². The lowest BCUT2D eigenvalue weighted by Gasteiger charge is -2.44. The van der Waals surface area contributed by atoms with Gasteiger partial charge >= 0.3 is 0 Å². The van der Waals surface area contributed by atoms with Crippen molar-refractivity contribution in [2.45, 2.75) is 57.7 Å². The summed E-state index contributed by atoms with van der Waals surface area (Å²) in [7, 11) is 0. The van der Waals surface area contributed by atoms with Gasteiger partial charge in [0.1, 0.15) is 0 Å². The van der Waals surface area contributed by atoms with Gasteiger partial charge in [-0.3, -0.25) is 0 Å². The molecule has 0 radical (unpaired) electrons. The van der Waals surface area contributed by atoms with Crippen LogP contribution in [-0.4, -0.2) is 66.1 Å². The Labute approximate surface area is 163 Å². The van der Waals surface area contributed by atoms with Gasteiger partial charge in [-0.2, -0.15) is 0 Å². The van der Waals surface area contributed by atoms with Crippen molar-refractivity contribution in [2.75, 3.05) is 44.4 Å². The van der Waals surface area contributed by atoms with Gasteiger partial charge in [0.15, 0.2) is 0 Å². The molecule has 27 heavy (non-hydrogen) atoms. The number of anilines is 1. The summed E-state index contributed by atoms with van der Waals surface area (Å²) in [5.41, 5.74) is 2.03. The summed E-state index contributed by atoms with van der Waals surface area (Å²) in [5, 5.41) is 16.1. The van der Waals surface area contributed by atoms with E-state index in [9.17, 15) is 5.11 Å². The summed E-state index contributed by atoms with van der Waals surface area (Å²) in [4.78, 5) is 2.56. The number of hydrogen-bond donors (Lipinski definition) is 1. The molecule has 150 valence electrons. The van der Waals surface area contributed by atoms with E-state index < -0.39 is 5.60 Å². The molecule has 0 aromatic heterocycles. The first-order valence-corrected chi connectivity index (χ1v) is 10.7. The van der Waals surface area contributed by atoms with Crippen LogP contribution in [0.5, 0.6) is 0 Å². The van der Waals surface area contributed by atoms with Crippen LogP contribution in [0.2, 0.25) is 0 Å². The van der Waals surface area contributed by atoms with Crippen LogP contribution in [0.15, 0.2) is 24.3 Å². The SMILES string of the molecule is CC(C)N1Cc2ccccc2N1CC1(O)CCN(CC2CCOCC2)CC1. The van der Waals surface area contributed by atoms with Crippen LogP contribution >= 0.6 is 0 Å². The Kier molecular flexibility index (Phi) is 5.74. The molecule has 0 saturated carbocycles. The molecule has 3 aliphatic rings. The summed E-state index contributed by atoms with van der Waals surface area (Å²) in [5.74, 6) is 0.770. The molecule has 2 fully saturated rings. The van der Waals surface area contributed by atoms with Crippen LogP contribution in [0.4, 0.5) is 5.69 Å². The molecule has 0 unspecified atom stereocenters. The molecule has 5 heteroatoms. The van der Waals surface area contributed by atoms with Crippen molar-refractivity contribution >= 4 is 5.69 Å². The average molecular weight is 374 g/mol. The molecule has 1 aromatic carbocycles. The van der Waals surface area contributed by atoms with Crippen molar-refractivity contribution in [3.8, 4) is 0 Å². The highest BCUT2D eigenvalue weighted by Crippen LogP contribution is 2.35. The van der Waals surface area contributed by atoms with Gasteiger partial charge in [0.05, 0.1) is 17.8 Å². The van der Waals surface area contributed by atoms with Crippen LogP contribution in [0.3, 0.4) is 0 Å². The van der Waals surface area contributed by atoms with Crippen LogP contribution in [0.1, 0.15) is 45.1 Å². The summed E-state index contributed by atoms with van der Waals surface area (Å²) >= 11 is 0. The predicted molar refractivity (Wildman–Crippen MR) is 109 cm³/mol. The fourth-order valence-corrected chi connectivity index (χ4v) is 4.81. The first-order valence-electron chi connectivity index (χ1n) is 10.7. The molecule has 3 heterocycles. The Balaban J connectivity index is 1.37. The zero-order valence-corrected chi connectivity index (χ0v) is 16.9. The first kappa shape index (κ1) is 19.2. The molecule has 5 nitrogen and oxygen atoms in total. The van der Waals surface area contributed by atoms with Crippen molar-refractivity contribution in [1.82, 2.24) is 9.91 Å². The smallest absolute Gasteiger partial charge is 0.0862 e. The molecule has 4 rings (SSSR count). The quantitative estimate of drug-likeness (QED) is 0.859. The lowest BCUT2D eigenvalue weighted by Crippen LogP contribution is -2.55. The molecule has 1 N–H and O–H groups in total. The van der Waals surface area contributed by atoms with E-state index in [1.807, 2.05) is 0 Å². The zero-order valence-electron chi connectivity index (χ0n) is 16.9. The molecular weight excluding hydrogens is 338 g/mol. The lowest BCUT2D eigenvalue weighted by molar-refractivity contribution is -0.0316. The molecular formula is C22H35N3O2. The van der Waals surface area contributed by atoms with Crippen LogP contribution in [0.25, 0.3) is 0 Å². The molecule has 1 aromatic rings. The minimum absolute atomic E-state index is 0.426. The largest absolute Gasteiger partial charge is 0.388 e. The maximum absolute atomic E-state index is 11.4. The number of rotatable bonds is 5. The van der Waals surface area contributed by atoms with E-state index in [-0.39, 0.29) is 0 Å². The van der Waals surface area contributed by atoms with Gasteiger partial charge in [-0.25, -0.2) is 5.01 Å². The second-order valence-corrected chi connectivity index (χ2v) is 8.96. The maximum Gasteiger partial charge on any atom is 0.0862 e. The fourth-order valence-electron chi connectivity index (χ4n) is 4.81. The Hall–Kier alpha value is -1.14. The maximum atomic E-state index is 11.4. The Morgan fingerprint density at radius 1 is 1.15 bits per heavy atom. The topological polar surface area (TPSA) is 39.2 Å². The van der Waals surface area contributed by atoms with Crippen molar-refractivity contribution < 1.29 is 9.84 Å². The number of benzene rings is 1. The minimum atomic E-state index is -0.600. The molecule has 0 spiro atoms. The third-order valence-corrected chi connectivity index (χ3v) is 6.60. The molecule has 0 amide bonds. The zero-order chi connectivity index (χ0) is 18.9. The third-order valence-electron chi connectivity index (χ3n) is 6.60. The van der Waals surface area contributed by atoms with E-state index in [0.29, 0.717) is 12.6 Å². The first-order chi connectivity index (χ1) is 13.0. The standard InChI is InChI=1S/C22H35N3O2/c1-18(2)24-16-20-5-3-4-6-21(20)25(24)17-22(26)9-11-23(12-10-22)15-19-7-13-27-14-8-19/h3-6,18-19,26H,7-17H2,1-2H3. The summed E-state index contributed by atoms with van der Waals surface area (Å²) in [6.07, 6.45) is 4.10. The number of aliphatic hydroxyl groups is 1. The summed E-state index contributed by atoms with van der Waals surface area (Å²) < 4.78 is 5.49. The molecule has 0 aliphatic carbocycles. The highest BCUT2D eigenvalue weighted by Gasteiger charge is 2.39. The highest BCUT2D eigenvalue weighted by molar-refractivity contribution is 5.56.